The fraction of sp³-hybridized carbons (Fsp3) is 0.345. The molecule has 0 unspecified atom stereocenters. The molecule has 0 radical (unpaired) electrons. The molecule has 4 rings (SSSR count). The fourth-order valence-electron chi connectivity index (χ4n) is 4.16. The number of sulfonamides is 1. The van der Waals surface area contributed by atoms with Gasteiger partial charge in [-0.15, -0.1) is 0 Å². The molecular weight excluding hydrogens is 615 g/mol. The fourth-order valence-corrected chi connectivity index (χ4v) is 7.42. The predicted molar refractivity (Wildman–Crippen MR) is 144 cm³/mol. The number of carbonyl (C=O) groups is 1. The van der Waals surface area contributed by atoms with Gasteiger partial charge in [-0.25, -0.2) is 13.1 Å². The molecule has 0 spiro atoms. The molecule has 0 bridgehead atoms. The average Bonchev–Trinajstić information content (AvgIpc) is 3.60. The van der Waals surface area contributed by atoms with E-state index in [4.69, 9.17) is 9.84 Å². The number of alkyl halides is 1. The van der Waals surface area contributed by atoms with E-state index in [1.54, 1.807) is 31.2 Å². The van der Waals surface area contributed by atoms with Gasteiger partial charge in [0.25, 0.3) is 0 Å². The molecule has 0 saturated heterocycles. The van der Waals surface area contributed by atoms with Gasteiger partial charge in [0.2, 0.25) is 10.0 Å². The van der Waals surface area contributed by atoms with Crippen LogP contribution in [0.5, 0.6) is 5.75 Å². The Labute approximate surface area is 235 Å². The van der Waals surface area contributed by atoms with Crippen LogP contribution in [0.4, 0.5) is 0 Å². The Morgan fingerprint density at radius 3 is 2.61 bits per heavy atom. The molecule has 1 aliphatic carbocycles. The van der Waals surface area contributed by atoms with E-state index in [2.05, 4.69) is 16.1 Å². The number of nitrogens with one attached hydrogen (secondary N) is 2. The molecular formula is C29H34IN2O5S-. The molecule has 0 aromatic heterocycles. The molecule has 1 heterocycles. The van der Waals surface area contributed by atoms with Crippen molar-refractivity contribution in [1.82, 2.24) is 10.0 Å². The molecule has 2 aromatic rings. The second-order valence-corrected chi connectivity index (χ2v) is 14.0. The molecule has 1 fully saturated rings. The van der Waals surface area contributed by atoms with Crippen LogP contribution in [-0.4, -0.2) is 37.2 Å². The van der Waals surface area contributed by atoms with Crippen LogP contribution < -0.4 is 36.0 Å². The van der Waals surface area contributed by atoms with E-state index in [0.717, 1.165) is 45.6 Å². The standard InChI is InChI=1S/C29H34IN2O5S/c1-4-22(23-8-11-25(12-9-23)38(35,36)31-17-20(2)18-33)7-5-6-21(3)32-28(34)29(14-15-29)24-10-13-27-26(16-24)30-19-37-27/h4-13,16,20,31,33H,14-15,17-19H2,1-3H3,(H,32,34)/q-1/b7-5-,21-6+,22-4+/t20-/m0/s1. The number of aliphatic hydroxyl groups is 1. The topological polar surface area (TPSA) is 105 Å². The van der Waals surface area contributed by atoms with Crippen LogP contribution in [0.25, 0.3) is 5.57 Å². The quantitative estimate of drug-likeness (QED) is 0.191. The Hall–Kier alpha value is -2.47. The van der Waals surface area contributed by atoms with Crippen molar-refractivity contribution in [2.24, 2.45) is 5.92 Å². The Morgan fingerprint density at radius 2 is 1.95 bits per heavy atom. The van der Waals surface area contributed by atoms with Gasteiger partial charge in [-0.3, -0.25) is 0 Å². The molecule has 3 N–H and O–H groups in total. The molecule has 1 aliphatic heterocycles. The van der Waals surface area contributed by atoms with Gasteiger partial charge in [-0.1, -0.05) is 19.1 Å². The minimum Gasteiger partial charge on any atom is -0.396 e. The van der Waals surface area contributed by atoms with Crippen LogP contribution in [0.3, 0.4) is 0 Å². The van der Waals surface area contributed by atoms with Gasteiger partial charge in [0.05, 0.1) is 4.90 Å². The summed E-state index contributed by atoms with van der Waals surface area (Å²) in [6, 6.07) is 12.9. The van der Waals surface area contributed by atoms with Crippen molar-refractivity contribution in [2.45, 2.75) is 43.9 Å². The first-order valence-corrected chi connectivity index (χ1v) is 16.7. The van der Waals surface area contributed by atoms with Gasteiger partial charge in [0.1, 0.15) is 0 Å². The number of hydrogen-bond donors (Lipinski definition) is 3. The third-order valence-electron chi connectivity index (χ3n) is 6.75. The third kappa shape index (κ3) is 6.56. The summed E-state index contributed by atoms with van der Waals surface area (Å²) < 4.78 is 35.2. The number of rotatable bonds is 11. The second kappa shape index (κ2) is 12.1. The van der Waals surface area contributed by atoms with E-state index in [0.29, 0.717) is 0 Å². The number of carbonyl (C=O) groups excluding carboxylic acids is 1. The Balaban J connectivity index is 1.37. The van der Waals surface area contributed by atoms with Gasteiger partial charge in [0, 0.05) is 13.2 Å². The number of benzene rings is 2. The van der Waals surface area contributed by atoms with Crippen molar-refractivity contribution in [3.8, 4) is 5.75 Å². The molecule has 1 atom stereocenters. The van der Waals surface area contributed by atoms with E-state index < -0.39 is 15.4 Å². The minimum absolute atomic E-state index is 0.0294. The van der Waals surface area contributed by atoms with Crippen LogP contribution in [0, 0.1) is 9.49 Å². The second-order valence-electron chi connectivity index (χ2n) is 9.69. The summed E-state index contributed by atoms with van der Waals surface area (Å²) in [5.74, 6) is 0.844. The first-order chi connectivity index (χ1) is 18.2. The number of ether oxygens (including phenoxy) is 1. The van der Waals surface area contributed by atoms with Crippen molar-refractivity contribution < 1.29 is 44.3 Å². The summed E-state index contributed by atoms with van der Waals surface area (Å²) in [5, 5.41) is 12.2. The molecule has 204 valence electrons. The molecule has 1 saturated carbocycles. The summed E-state index contributed by atoms with van der Waals surface area (Å²) in [4.78, 5) is 13.3. The Morgan fingerprint density at radius 1 is 1.21 bits per heavy atom. The summed E-state index contributed by atoms with van der Waals surface area (Å²) in [6.45, 7) is 5.66. The van der Waals surface area contributed by atoms with Crippen LogP contribution in [-0.2, 0) is 20.2 Å². The predicted octanol–water partition coefficient (Wildman–Crippen LogP) is 0.913. The van der Waals surface area contributed by atoms with E-state index in [1.807, 2.05) is 50.3 Å². The first kappa shape index (κ1) is 28.5. The zero-order valence-corrected chi connectivity index (χ0v) is 24.8. The molecule has 2 aromatic carbocycles. The van der Waals surface area contributed by atoms with E-state index >= 15 is 0 Å². The van der Waals surface area contributed by atoms with Crippen molar-refractivity contribution in [2.75, 3.05) is 17.8 Å². The van der Waals surface area contributed by atoms with Crippen LogP contribution in [0.15, 0.2) is 77.4 Å². The Kier molecular flexibility index (Phi) is 9.12. The maximum absolute atomic E-state index is 13.2. The van der Waals surface area contributed by atoms with Gasteiger partial charge in [0.15, 0.2) is 0 Å². The number of halogens is 1. The Bertz CT molecular complexity index is 1380. The monoisotopic (exact) mass is 649 g/mol. The number of amides is 1. The van der Waals surface area contributed by atoms with Crippen molar-refractivity contribution in [3.63, 3.8) is 0 Å². The third-order valence-corrected chi connectivity index (χ3v) is 10.5. The molecule has 1 amide bonds. The summed E-state index contributed by atoms with van der Waals surface area (Å²) in [5.41, 5.74) is 3.20. The van der Waals surface area contributed by atoms with Gasteiger partial charge in [-0.2, -0.15) is 0 Å². The van der Waals surface area contributed by atoms with Gasteiger partial charge < -0.3 is 5.11 Å². The molecule has 7 nitrogen and oxygen atoms in total. The van der Waals surface area contributed by atoms with Crippen molar-refractivity contribution in [3.05, 3.63) is 87.2 Å². The normalized spacial score (nSPS) is 17.9. The van der Waals surface area contributed by atoms with E-state index in [1.165, 1.54) is 3.57 Å². The summed E-state index contributed by atoms with van der Waals surface area (Å²) in [7, 11) is -3.64. The van der Waals surface area contributed by atoms with E-state index in [9.17, 15) is 13.2 Å². The number of fused-ring (bicyclic) bond motifs is 1. The average molecular weight is 650 g/mol. The molecule has 9 heteroatoms. The smallest absolute Gasteiger partial charge is 0.396 e. The van der Waals surface area contributed by atoms with Crippen LogP contribution in [0.1, 0.15) is 44.7 Å². The summed E-state index contributed by atoms with van der Waals surface area (Å²) in [6.07, 6.45) is 9.32. The molecule has 38 heavy (non-hydrogen) atoms. The van der Waals surface area contributed by atoms with E-state index in [-0.39, 0.29) is 51.1 Å². The maximum atomic E-state index is 13.2. The minimum atomic E-state index is -3.64. The summed E-state index contributed by atoms with van der Waals surface area (Å²) >= 11 is -0.123. The first-order valence-electron chi connectivity index (χ1n) is 12.6. The van der Waals surface area contributed by atoms with Crippen molar-refractivity contribution >= 4 is 21.5 Å². The van der Waals surface area contributed by atoms with Crippen LogP contribution in [0.2, 0.25) is 0 Å². The number of hydrogen-bond acceptors (Lipinski definition) is 5. The SMILES string of the molecule is C\C=C(/C=C\C=C(/C)NC(=O)C1(c2ccc3c(c2)[I-]CO3)CC1)c1ccc(S(=O)(=O)NC[C@H](C)CO)cc1. The van der Waals surface area contributed by atoms with Gasteiger partial charge >= 0.3 is 146 Å². The van der Waals surface area contributed by atoms with Crippen LogP contribution >= 0.6 is 0 Å². The van der Waals surface area contributed by atoms with Crippen molar-refractivity contribution in [1.29, 1.82) is 0 Å². The van der Waals surface area contributed by atoms with Gasteiger partial charge in [-0.05, 0) is 25.0 Å². The number of allylic oxidation sites excluding steroid dienone is 6. The zero-order valence-electron chi connectivity index (χ0n) is 21.8. The zero-order chi connectivity index (χ0) is 27.3. The number of aliphatic hydroxyl groups excluding tert-OH is 1. The molecule has 2 aliphatic rings.